The summed E-state index contributed by atoms with van der Waals surface area (Å²) in [5.41, 5.74) is 1.87. The van der Waals surface area contributed by atoms with Crippen molar-refractivity contribution in [1.82, 2.24) is 4.57 Å². The van der Waals surface area contributed by atoms with Crippen LogP contribution in [0.4, 0.5) is 5.69 Å². The summed E-state index contributed by atoms with van der Waals surface area (Å²) in [6.07, 6.45) is 4.12. The fraction of sp³-hybridized carbons (Fsp3) is 0.278. The summed E-state index contributed by atoms with van der Waals surface area (Å²) in [4.78, 5) is 5.69. The quantitative estimate of drug-likeness (QED) is 0.665. The third kappa shape index (κ3) is 3.34. The van der Waals surface area contributed by atoms with Crippen LogP contribution in [-0.4, -0.2) is 17.3 Å². The lowest BCUT2D eigenvalue weighted by molar-refractivity contribution is 0.0967. The van der Waals surface area contributed by atoms with Gasteiger partial charge in [0.05, 0.1) is 30.3 Å². The van der Waals surface area contributed by atoms with Gasteiger partial charge in [0, 0.05) is 17.0 Å². The Morgan fingerprint density at radius 2 is 2.25 bits per heavy atom. The van der Waals surface area contributed by atoms with Crippen LogP contribution >= 0.6 is 22.9 Å². The summed E-state index contributed by atoms with van der Waals surface area (Å²) in [5.74, 6) is 0.844. The minimum absolute atomic E-state index is 0.228. The maximum absolute atomic E-state index is 6.08. The number of furan rings is 1. The van der Waals surface area contributed by atoms with Crippen LogP contribution in [0.25, 0.3) is 11.5 Å². The zero-order valence-electron chi connectivity index (χ0n) is 13.0. The van der Waals surface area contributed by atoms with Crippen molar-refractivity contribution in [3.8, 4) is 11.5 Å². The zero-order chi connectivity index (χ0) is 16.4. The lowest BCUT2D eigenvalue weighted by atomic mass is 10.2. The molecule has 3 aromatic rings. The molecule has 124 valence electrons. The number of rotatable bonds is 4. The molecule has 24 heavy (non-hydrogen) atoms. The molecule has 0 amide bonds. The molecule has 4 rings (SSSR count). The molecule has 0 N–H and O–H groups in total. The van der Waals surface area contributed by atoms with Crippen LogP contribution in [0.3, 0.4) is 0 Å². The lowest BCUT2D eigenvalue weighted by Gasteiger charge is -2.12. The van der Waals surface area contributed by atoms with Gasteiger partial charge in [-0.1, -0.05) is 17.7 Å². The molecule has 1 aromatic carbocycles. The monoisotopic (exact) mass is 360 g/mol. The Labute approximate surface area is 149 Å². The highest BCUT2D eigenvalue weighted by molar-refractivity contribution is 7.07. The average molecular weight is 361 g/mol. The molecular weight excluding hydrogens is 344 g/mol. The van der Waals surface area contributed by atoms with E-state index < -0.39 is 0 Å². The number of benzene rings is 1. The number of aromatic nitrogens is 1. The van der Waals surface area contributed by atoms with Gasteiger partial charge in [0.2, 0.25) is 0 Å². The van der Waals surface area contributed by atoms with E-state index in [2.05, 4.69) is 9.95 Å². The molecule has 1 aliphatic rings. The van der Waals surface area contributed by atoms with Crippen molar-refractivity contribution in [3.63, 3.8) is 0 Å². The van der Waals surface area contributed by atoms with Crippen LogP contribution in [0.5, 0.6) is 0 Å². The Bertz CT molecular complexity index is 877. The topological polar surface area (TPSA) is 39.7 Å². The molecule has 6 heteroatoms. The first-order valence-corrected chi connectivity index (χ1v) is 9.19. The van der Waals surface area contributed by atoms with Gasteiger partial charge in [-0.15, -0.1) is 11.3 Å². The van der Waals surface area contributed by atoms with Gasteiger partial charge in [-0.2, -0.15) is 0 Å². The molecule has 0 bridgehead atoms. The smallest absolute Gasteiger partial charge is 0.190 e. The number of thiazole rings is 1. The Morgan fingerprint density at radius 1 is 1.29 bits per heavy atom. The molecule has 1 unspecified atom stereocenters. The maximum atomic E-state index is 6.08. The molecule has 0 saturated carbocycles. The van der Waals surface area contributed by atoms with E-state index in [4.69, 9.17) is 25.7 Å². The molecule has 0 radical (unpaired) electrons. The SMILES string of the molecule is Clc1cccc(N=c2scc(-c3ccco3)n2CC2CCCO2)c1. The predicted octanol–water partition coefficient (Wildman–Crippen LogP) is 4.87. The van der Waals surface area contributed by atoms with Crippen molar-refractivity contribution in [1.29, 1.82) is 0 Å². The average Bonchev–Trinajstić information content (AvgIpc) is 3.31. The van der Waals surface area contributed by atoms with Gasteiger partial charge < -0.3 is 13.7 Å². The second-order valence-corrected chi connectivity index (χ2v) is 6.99. The van der Waals surface area contributed by atoms with Gasteiger partial charge in [0.15, 0.2) is 10.6 Å². The van der Waals surface area contributed by atoms with Crippen LogP contribution < -0.4 is 4.80 Å². The number of halogens is 1. The van der Waals surface area contributed by atoms with Crippen molar-refractivity contribution in [2.75, 3.05) is 6.61 Å². The van der Waals surface area contributed by atoms with Gasteiger partial charge in [0.1, 0.15) is 0 Å². The molecule has 0 spiro atoms. The molecule has 3 heterocycles. The van der Waals surface area contributed by atoms with Crippen LogP contribution in [0.15, 0.2) is 57.5 Å². The summed E-state index contributed by atoms with van der Waals surface area (Å²) < 4.78 is 13.6. The summed E-state index contributed by atoms with van der Waals surface area (Å²) in [5, 5.41) is 2.77. The van der Waals surface area contributed by atoms with Crippen molar-refractivity contribution >= 4 is 28.6 Å². The van der Waals surface area contributed by atoms with E-state index in [1.165, 1.54) is 0 Å². The molecular formula is C18H17ClN2O2S. The fourth-order valence-corrected chi connectivity index (χ4v) is 3.97. The molecule has 1 saturated heterocycles. The molecule has 2 aromatic heterocycles. The van der Waals surface area contributed by atoms with Crippen molar-refractivity contribution in [2.45, 2.75) is 25.5 Å². The second kappa shape index (κ2) is 6.97. The van der Waals surface area contributed by atoms with E-state index in [0.717, 1.165) is 47.9 Å². The van der Waals surface area contributed by atoms with E-state index >= 15 is 0 Å². The third-order valence-corrected chi connectivity index (χ3v) is 5.11. The van der Waals surface area contributed by atoms with Crippen molar-refractivity contribution in [2.24, 2.45) is 4.99 Å². The maximum Gasteiger partial charge on any atom is 0.190 e. The number of hydrogen-bond donors (Lipinski definition) is 0. The Hall–Kier alpha value is -1.82. The van der Waals surface area contributed by atoms with Gasteiger partial charge in [-0.05, 0) is 43.2 Å². The summed E-state index contributed by atoms with van der Waals surface area (Å²) >= 11 is 7.67. The molecule has 0 aliphatic carbocycles. The normalized spacial score (nSPS) is 18.4. The summed E-state index contributed by atoms with van der Waals surface area (Å²) in [6.45, 7) is 1.62. The number of ether oxygens (including phenoxy) is 1. The van der Waals surface area contributed by atoms with Crippen molar-refractivity contribution < 1.29 is 9.15 Å². The molecule has 1 atom stereocenters. The Balaban J connectivity index is 1.78. The Kier molecular flexibility index (Phi) is 4.56. The summed E-state index contributed by atoms with van der Waals surface area (Å²) in [6, 6.07) is 11.4. The van der Waals surface area contributed by atoms with Crippen LogP contribution in [0, 0.1) is 0 Å². The van der Waals surface area contributed by atoms with Crippen LogP contribution in [-0.2, 0) is 11.3 Å². The largest absolute Gasteiger partial charge is 0.463 e. The molecule has 1 aliphatic heterocycles. The van der Waals surface area contributed by atoms with Gasteiger partial charge in [-0.25, -0.2) is 4.99 Å². The first-order valence-electron chi connectivity index (χ1n) is 7.94. The standard InChI is InChI=1S/C18H17ClN2O2S/c19-13-4-1-5-14(10-13)20-18-21(11-15-6-2-8-22-15)16(12-24-18)17-7-3-9-23-17/h1,3-5,7,9-10,12,15H,2,6,8,11H2. The summed E-state index contributed by atoms with van der Waals surface area (Å²) in [7, 11) is 0. The predicted molar refractivity (Wildman–Crippen MR) is 95.7 cm³/mol. The van der Waals surface area contributed by atoms with Gasteiger partial charge >= 0.3 is 0 Å². The second-order valence-electron chi connectivity index (χ2n) is 5.72. The fourth-order valence-electron chi connectivity index (χ4n) is 2.87. The highest BCUT2D eigenvalue weighted by Crippen LogP contribution is 2.24. The third-order valence-electron chi connectivity index (χ3n) is 4.01. The number of nitrogens with zero attached hydrogens (tertiary/aromatic N) is 2. The minimum Gasteiger partial charge on any atom is -0.463 e. The van der Waals surface area contributed by atoms with E-state index in [9.17, 15) is 0 Å². The first-order chi connectivity index (χ1) is 11.8. The highest BCUT2D eigenvalue weighted by atomic mass is 35.5. The van der Waals surface area contributed by atoms with E-state index in [1.54, 1.807) is 17.6 Å². The lowest BCUT2D eigenvalue weighted by Crippen LogP contribution is -2.23. The van der Waals surface area contributed by atoms with E-state index in [1.807, 2.05) is 36.4 Å². The highest BCUT2D eigenvalue weighted by Gasteiger charge is 2.19. The van der Waals surface area contributed by atoms with E-state index in [-0.39, 0.29) is 6.10 Å². The zero-order valence-corrected chi connectivity index (χ0v) is 14.6. The van der Waals surface area contributed by atoms with Gasteiger partial charge in [0.25, 0.3) is 0 Å². The van der Waals surface area contributed by atoms with E-state index in [0.29, 0.717) is 5.02 Å². The Morgan fingerprint density at radius 3 is 3.00 bits per heavy atom. The minimum atomic E-state index is 0.228. The van der Waals surface area contributed by atoms with Gasteiger partial charge in [-0.3, -0.25) is 0 Å². The first kappa shape index (κ1) is 15.7. The van der Waals surface area contributed by atoms with Crippen LogP contribution in [0.2, 0.25) is 5.02 Å². The van der Waals surface area contributed by atoms with Crippen molar-refractivity contribution in [3.05, 3.63) is 57.9 Å². The molecule has 4 nitrogen and oxygen atoms in total. The van der Waals surface area contributed by atoms with Crippen LogP contribution in [0.1, 0.15) is 12.8 Å². The molecule has 1 fully saturated rings. The number of hydrogen-bond acceptors (Lipinski definition) is 4.